The number of pyridine rings is 1. The summed E-state index contributed by atoms with van der Waals surface area (Å²) in [5, 5.41) is 3.36. The lowest BCUT2D eigenvalue weighted by Crippen LogP contribution is -2.33. The molecule has 0 aliphatic carbocycles. The van der Waals surface area contributed by atoms with Crippen molar-refractivity contribution in [1.82, 2.24) is 10.3 Å². The summed E-state index contributed by atoms with van der Waals surface area (Å²) in [4.78, 5) is 4.41. The van der Waals surface area contributed by atoms with Crippen LogP contribution in [0.4, 0.5) is 13.2 Å². The molecule has 5 heteroatoms. The van der Waals surface area contributed by atoms with E-state index in [0.29, 0.717) is 5.92 Å². The van der Waals surface area contributed by atoms with E-state index in [1.807, 2.05) is 12.1 Å². The molecule has 1 aliphatic rings. The van der Waals surface area contributed by atoms with E-state index in [-0.39, 0.29) is 6.04 Å². The van der Waals surface area contributed by atoms with E-state index in [9.17, 15) is 13.2 Å². The van der Waals surface area contributed by atoms with E-state index >= 15 is 0 Å². The smallest absolute Gasteiger partial charge is 0.304 e. The molecule has 0 saturated carbocycles. The largest absolute Gasteiger partial charge is 0.416 e. The fraction of sp³-hybridized carbons (Fsp3) is 0.312. The SMILES string of the molecule is C[C@H]1CN[C@H](c2ccc(C(F)(F)F)cc2)c2ncccc21. The van der Waals surface area contributed by atoms with Crippen LogP contribution in [0.2, 0.25) is 0 Å². The Morgan fingerprint density at radius 1 is 1.14 bits per heavy atom. The first-order valence-electron chi connectivity index (χ1n) is 6.82. The Bertz CT molecular complexity index is 635. The first-order valence-corrected chi connectivity index (χ1v) is 6.82. The molecule has 0 radical (unpaired) electrons. The van der Waals surface area contributed by atoms with Crippen molar-refractivity contribution in [3.05, 3.63) is 65.0 Å². The highest BCUT2D eigenvalue weighted by Crippen LogP contribution is 2.34. The molecule has 0 spiro atoms. The van der Waals surface area contributed by atoms with Gasteiger partial charge in [-0.25, -0.2) is 0 Å². The predicted molar refractivity (Wildman–Crippen MR) is 73.9 cm³/mol. The molecular formula is C16H15F3N2. The zero-order valence-electron chi connectivity index (χ0n) is 11.5. The van der Waals surface area contributed by atoms with Gasteiger partial charge in [0.2, 0.25) is 0 Å². The van der Waals surface area contributed by atoms with Gasteiger partial charge in [-0.05, 0) is 35.2 Å². The summed E-state index contributed by atoms with van der Waals surface area (Å²) in [6, 6.07) is 9.06. The van der Waals surface area contributed by atoms with E-state index in [1.165, 1.54) is 12.1 Å². The Balaban J connectivity index is 1.97. The summed E-state index contributed by atoms with van der Waals surface area (Å²) in [6.07, 6.45) is -2.58. The number of benzene rings is 1. The molecule has 1 aromatic carbocycles. The number of nitrogens with zero attached hydrogens (tertiary/aromatic N) is 1. The second-order valence-corrected chi connectivity index (χ2v) is 5.34. The van der Waals surface area contributed by atoms with Gasteiger partial charge in [-0.3, -0.25) is 4.98 Å². The number of hydrogen-bond acceptors (Lipinski definition) is 2. The second-order valence-electron chi connectivity index (χ2n) is 5.34. The molecule has 21 heavy (non-hydrogen) atoms. The lowest BCUT2D eigenvalue weighted by molar-refractivity contribution is -0.137. The number of fused-ring (bicyclic) bond motifs is 1. The summed E-state index contributed by atoms with van der Waals surface area (Å²) in [7, 11) is 0. The lowest BCUT2D eigenvalue weighted by Gasteiger charge is -2.30. The Labute approximate surface area is 121 Å². The molecule has 2 atom stereocenters. The van der Waals surface area contributed by atoms with Crippen LogP contribution in [-0.4, -0.2) is 11.5 Å². The molecule has 0 fully saturated rings. The van der Waals surface area contributed by atoms with Gasteiger partial charge in [0.1, 0.15) is 0 Å². The molecule has 2 nitrogen and oxygen atoms in total. The van der Waals surface area contributed by atoms with Gasteiger partial charge in [-0.2, -0.15) is 13.2 Å². The maximum Gasteiger partial charge on any atom is 0.416 e. The zero-order valence-corrected chi connectivity index (χ0v) is 11.5. The highest BCUT2D eigenvalue weighted by atomic mass is 19.4. The summed E-state index contributed by atoms with van der Waals surface area (Å²) in [6.45, 7) is 2.89. The third-order valence-corrected chi connectivity index (χ3v) is 3.88. The third kappa shape index (κ3) is 2.65. The third-order valence-electron chi connectivity index (χ3n) is 3.88. The van der Waals surface area contributed by atoms with Crippen LogP contribution in [0.15, 0.2) is 42.6 Å². The molecule has 1 N–H and O–H groups in total. The number of nitrogens with one attached hydrogen (secondary N) is 1. The van der Waals surface area contributed by atoms with E-state index in [1.54, 1.807) is 6.20 Å². The summed E-state index contributed by atoms with van der Waals surface area (Å²) >= 11 is 0. The minimum Gasteiger partial charge on any atom is -0.304 e. The minimum absolute atomic E-state index is 0.153. The number of hydrogen-bond donors (Lipinski definition) is 1. The van der Waals surface area contributed by atoms with Gasteiger partial charge in [-0.1, -0.05) is 25.1 Å². The summed E-state index contributed by atoms with van der Waals surface area (Å²) < 4.78 is 37.9. The van der Waals surface area contributed by atoms with E-state index in [0.717, 1.165) is 35.5 Å². The van der Waals surface area contributed by atoms with Gasteiger partial charge in [0.25, 0.3) is 0 Å². The average molecular weight is 292 g/mol. The van der Waals surface area contributed by atoms with Gasteiger partial charge in [0, 0.05) is 12.7 Å². The highest BCUT2D eigenvalue weighted by molar-refractivity contribution is 5.38. The monoisotopic (exact) mass is 292 g/mol. The molecule has 1 aliphatic heterocycles. The second kappa shape index (κ2) is 5.15. The van der Waals surface area contributed by atoms with Crippen molar-refractivity contribution in [1.29, 1.82) is 0 Å². The van der Waals surface area contributed by atoms with Gasteiger partial charge in [-0.15, -0.1) is 0 Å². The summed E-state index contributed by atoms with van der Waals surface area (Å²) in [5.74, 6) is 0.347. The number of halogens is 3. The van der Waals surface area contributed by atoms with Crippen LogP contribution in [0.5, 0.6) is 0 Å². The first kappa shape index (κ1) is 14.1. The molecule has 0 amide bonds. The van der Waals surface area contributed by atoms with Crippen molar-refractivity contribution in [2.75, 3.05) is 6.54 Å². The van der Waals surface area contributed by atoms with Crippen molar-refractivity contribution < 1.29 is 13.2 Å². The Hall–Kier alpha value is -1.88. The Morgan fingerprint density at radius 2 is 1.86 bits per heavy atom. The predicted octanol–water partition coefficient (Wildman–Crippen LogP) is 3.90. The van der Waals surface area contributed by atoms with E-state index in [2.05, 4.69) is 17.2 Å². The van der Waals surface area contributed by atoms with Gasteiger partial charge in [0.15, 0.2) is 0 Å². The van der Waals surface area contributed by atoms with Crippen LogP contribution >= 0.6 is 0 Å². The number of alkyl halides is 3. The maximum atomic E-state index is 12.6. The van der Waals surface area contributed by atoms with Crippen LogP contribution in [0, 0.1) is 0 Å². The number of rotatable bonds is 1. The van der Waals surface area contributed by atoms with E-state index in [4.69, 9.17) is 0 Å². The molecule has 2 heterocycles. The molecule has 0 bridgehead atoms. The Morgan fingerprint density at radius 3 is 2.52 bits per heavy atom. The molecule has 3 rings (SSSR count). The van der Waals surface area contributed by atoms with E-state index < -0.39 is 11.7 Å². The quantitative estimate of drug-likeness (QED) is 0.862. The fourth-order valence-electron chi connectivity index (χ4n) is 2.73. The fourth-order valence-corrected chi connectivity index (χ4v) is 2.73. The van der Waals surface area contributed by atoms with Crippen molar-refractivity contribution in [3.63, 3.8) is 0 Å². The van der Waals surface area contributed by atoms with Crippen molar-refractivity contribution in [2.45, 2.75) is 25.1 Å². The molecule has 1 aromatic heterocycles. The maximum absolute atomic E-state index is 12.6. The van der Waals surface area contributed by atoms with Crippen molar-refractivity contribution in [2.24, 2.45) is 0 Å². The first-order chi connectivity index (χ1) is 9.97. The molecule has 2 aromatic rings. The molecular weight excluding hydrogens is 277 g/mol. The topological polar surface area (TPSA) is 24.9 Å². The van der Waals surface area contributed by atoms with Crippen molar-refractivity contribution in [3.8, 4) is 0 Å². The average Bonchev–Trinajstić information content (AvgIpc) is 2.47. The number of aromatic nitrogens is 1. The standard InChI is InChI=1S/C16H15F3N2/c1-10-9-21-14(15-13(10)3-2-8-20-15)11-4-6-12(7-5-11)16(17,18)19/h2-8,10,14,21H,9H2,1H3/t10-,14+/m0/s1. The highest BCUT2D eigenvalue weighted by Gasteiger charge is 2.31. The van der Waals surface area contributed by atoms with Crippen LogP contribution < -0.4 is 5.32 Å². The molecule has 0 unspecified atom stereocenters. The normalized spacial score (nSPS) is 21.9. The van der Waals surface area contributed by atoms with Crippen LogP contribution in [0.1, 0.15) is 41.3 Å². The van der Waals surface area contributed by atoms with Crippen LogP contribution in [0.25, 0.3) is 0 Å². The van der Waals surface area contributed by atoms with Crippen molar-refractivity contribution >= 4 is 0 Å². The molecule has 0 saturated heterocycles. The van der Waals surface area contributed by atoms with Gasteiger partial charge in [0.05, 0.1) is 17.3 Å². The molecule has 110 valence electrons. The van der Waals surface area contributed by atoms with Crippen LogP contribution in [-0.2, 0) is 6.18 Å². The van der Waals surface area contributed by atoms with Crippen LogP contribution in [0.3, 0.4) is 0 Å². The van der Waals surface area contributed by atoms with Gasteiger partial charge < -0.3 is 5.32 Å². The minimum atomic E-state index is -4.30. The summed E-state index contributed by atoms with van der Waals surface area (Å²) in [5.41, 5.74) is 2.23. The Kier molecular flexibility index (Phi) is 3.45. The zero-order chi connectivity index (χ0) is 15.0. The van der Waals surface area contributed by atoms with Gasteiger partial charge >= 0.3 is 6.18 Å². The lowest BCUT2D eigenvalue weighted by atomic mass is 9.88.